The molecule has 1 aliphatic carbocycles. The van der Waals surface area contributed by atoms with Crippen molar-refractivity contribution in [2.75, 3.05) is 4.90 Å². The first-order valence-corrected chi connectivity index (χ1v) is 13.5. The van der Waals surface area contributed by atoms with Gasteiger partial charge in [0.15, 0.2) is 0 Å². The van der Waals surface area contributed by atoms with Crippen molar-refractivity contribution in [1.29, 1.82) is 0 Å². The minimum absolute atomic E-state index is 0.834. The van der Waals surface area contributed by atoms with Crippen molar-refractivity contribution in [2.45, 2.75) is 5.60 Å². The first-order valence-electron chi connectivity index (χ1n) is 12.7. The molecule has 0 aliphatic heterocycles. The summed E-state index contributed by atoms with van der Waals surface area (Å²) >= 11 is 3.68. The van der Waals surface area contributed by atoms with E-state index in [9.17, 15) is 5.11 Å². The molecule has 0 amide bonds. The number of hydrogen-bond donors (Lipinski definition) is 1. The van der Waals surface area contributed by atoms with Gasteiger partial charge in [-0.1, -0.05) is 101 Å². The third-order valence-corrected chi connectivity index (χ3v) is 7.99. The lowest BCUT2D eigenvalue weighted by molar-refractivity contribution is 0.131. The highest BCUT2D eigenvalue weighted by molar-refractivity contribution is 9.10. The number of rotatable bonds is 4. The van der Waals surface area contributed by atoms with Gasteiger partial charge < -0.3 is 10.0 Å². The zero-order chi connectivity index (χ0) is 25.7. The predicted octanol–water partition coefficient (Wildman–Crippen LogP) is 9.34. The SMILES string of the molecule is OC1(c2ccccc2N(c2ccccc2)c2ccccc2)c2cc(Br)ccc2-c2cc3ccccc3cc21. The monoisotopic (exact) mass is 553 g/mol. The van der Waals surface area contributed by atoms with Crippen LogP contribution in [0.15, 0.2) is 144 Å². The van der Waals surface area contributed by atoms with Gasteiger partial charge in [-0.25, -0.2) is 0 Å². The van der Waals surface area contributed by atoms with E-state index in [1.54, 1.807) is 0 Å². The van der Waals surface area contributed by atoms with Crippen LogP contribution in [0.3, 0.4) is 0 Å². The Morgan fingerprint density at radius 3 is 1.74 bits per heavy atom. The molecule has 0 heterocycles. The van der Waals surface area contributed by atoms with E-state index in [1.807, 2.05) is 54.6 Å². The van der Waals surface area contributed by atoms with Crippen molar-refractivity contribution >= 4 is 43.8 Å². The van der Waals surface area contributed by atoms with Gasteiger partial charge in [0.1, 0.15) is 5.60 Å². The summed E-state index contributed by atoms with van der Waals surface area (Å²) in [5.41, 5.74) is 6.37. The molecule has 6 aromatic carbocycles. The summed E-state index contributed by atoms with van der Waals surface area (Å²) in [7, 11) is 0. The highest BCUT2D eigenvalue weighted by atomic mass is 79.9. The van der Waals surface area contributed by atoms with E-state index in [0.717, 1.165) is 60.1 Å². The molecule has 1 N–H and O–H groups in total. The maximum Gasteiger partial charge on any atom is 0.143 e. The molecule has 1 aliphatic rings. The standard InChI is InChI=1S/C35H24BrNO/c36-26-19-20-29-30-21-24-11-7-8-12-25(24)22-32(30)35(38,33(29)23-26)31-17-9-10-18-34(31)37(27-13-3-1-4-14-27)28-15-5-2-6-16-28/h1-23,38H. The van der Waals surface area contributed by atoms with Crippen LogP contribution in [0.4, 0.5) is 17.1 Å². The maximum absolute atomic E-state index is 13.0. The maximum atomic E-state index is 13.0. The summed E-state index contributed by atoms with van der Waals surface area (Å²) < 4.78 is 0.937. The molecule has 0 aromatic heterocycles. The van der Waals surface area contributed by atoms with Gasteiger partial charge in [0, 0.05) is 32.5 Å². The fourth-order valence-corrected chi connectivity index (χ4v) is 6.17. The lowest BCUT2D eigenvalue weighted by atomic mass is 9.82. The number of halogens is 1. The van der Waals surface area contributed by atoms with Crippen molar-refractivity contribution in [2.24, 2.45) is 0 Å². The normalized spacial score (nSPS) is 15.7. The van der Waals surface area contributed by atoms with Crippen molar-refractivity contribution in [1.82, 2.24) is 0 Å². The second-order valence-electron chi connectivity index (χ2n) is 9.67. The van der Waals surface area contributed by atoms with Gasteiger partial charge in [-0.15, -0.1) is 0 Å². The van der Waals surface area contributed by atoms with Crippen molar-refractivity contribution in [3.05, 3.63) is 161 Å². The Bertz CT molecular complexity index is 1760. The smallest absolute Gasteiger partial charge is 0.143 e. The second kappa shape index (κ2) is 8.98. The molecule has 7 rings (SSSR count). The quantitative estimate of drug-likeness (QED) is 0.235. The third kappa shape index (κ3) is 3.51. The number of nitrogens with zero attached hydrogens (tertiary/aromatic N) is 1. The fourth-order valence-electron chi connectivity index (χ4n) is 5.80. The Morgan fingerprint density at radius 1 is 0.500 bits per heavy atom. The molecule has 0 saturated heterocycles. The summed E-state index contributed by atoms with van der Waals surface area (Å²) in [5, 5.41) is 15.3. The van der Waals surface area contributed by atoms with Crippen LogP contribution in [0, 0.1) is 0 Å². The Morgan fingerprint density at radius 2 is 1.05 bits per heavy atom. The van der Waals surface area contributed by atoms with Crippen molar-refractivity contribution < 1.29 is 5.11 Å². The molecular weight excluding hydrogens is 530 g/mol. The molecule has 2 nitrogen and oxygen atoms in total. The van der Waals surface area contributed by atoms with Crippen molar-refractivity contribution in [3.63, 3.8) is 0 Å². The summed E-state index contributed by atoms with van der Waals surface area (Å²) in [5.74, 6) is 0. The number of benzene rings is 6. The molecule has 0 saturated carbocycles. The van der Waals surface area contributed by atoms with Crippen molar-refractivity contribution in [3.8, 4) is 11.1 Å². The fraction of sp³-hybridized carbons (Fsp3) is 0.0286. The molecule has 6 aromatic rings. The summed E-state index contributed by atoms with van der Waals surface area (Å²) in [6.45, 7) is 0. The van der Waals surface area contributed by atoms with E-state index in [1.165, 1.54) is 0 Å². The minimum atomic E-state index is -1.35. The molecule has 0 bridgehead atoms. The third-order valence-electron chi connectivity index (χ3n) is 7.50. The van der Waals surface area contributed by atoms with E-state index in [4.69, 9.17) is 0 Å². The first-order chi connectivity index (χ1) is 18.6. The van der Waals surface area contributed by atoms with Crippen LogP contribution >= 0.6 is 15.9 Å². The van der Waals surface area contributed by atoms with E-state index in [0.29, 0.717) is 0 Å². The Kier molecular flexibility index (Phi) is 5.43. The molecule has 3 heteroatoms. The summed E-state index contributed by atoms with van der Waals surface area (Å²) in [6.07, 6.45) is 0. The molecular formula is C35H24BrNO. The zero-order valence-corrected chi connectivity index (χ0v) is 22.1. The number of para-hydroxylation sites is 3. The van der Waals surface area contributed by atoms with Gasteiger partial charge in [0.05, 0.1) is 5.69 Å². The van der Waals surface area contributed by atoms with Crippen LogP contribution in [0.25, 0.3) is 21.9 Å². The molecule has 38 heavy (non-hydrogen) atoms. The average Bonchev–Trinajstić information content (AvgIpc) is 3.21. The molecule has 0 spiro atoms. The highest BCUT2D eigenvalue weighted by Crippen LogP contribution is 2.55. The molecule has 1 atom stereocenters. The van der Waals surface area contributed by atoms with Gasteiger partial charge in [0.25, 0.3) is 0 Å². The highest BCUT2D eigenvalue weighted by Gasteiger charge is 2.45. The van der Waals surface area contributed by atoms with Crippen LogP contribution in [-0.2, 0) is 5.60 Å². The van der Waals surface area contributed by atoms with E-state index >= 15 is 0 Å². The van der Waals surface area contributed by atoms with Crippen LogP contribution in [0.1, 0.15) is 16.7 Å². The van der Waals surface area contributed by atoms with Crippen LogP contribution in [-0.4, -0.2) is 5.11 Å². The number of anilines is 3. The topological polar surface area (TPSA) is 23.5 Å². The summed E-state index contributed by atoms with van der Waals surface area (Å²) in [4.78, 5) is 2.23. The van der Waals surface area contributed by atoms with Crippen LogP contribution in [0.5, 0.6) is 0 Å². The predicted molar refractivity (Wildman–Crippen MR) is 160 cm³/mol. The molecule has 0 radical (unpaired) electrons. The lowest BCUT2D eigenvalue weighted by Gasteiger charge is -2.34. The van der Waals surface area contributed by atoms with E-state index < -0.39 is 5.60 Å². The van der Waals surface area contributed by atoms with Gasteiger partial charge in [-0.3, -0.25) is 0 Å². The van der Waals surface area contributed by atoms with Gasteiger partial charge >= 0.3 is 0 Å². The van der Waals surface area contributed by atoms with Gasteiger partial charge in [0.2, 0.25) is 0 Å². The van der Waals surface area contributed by atoms with Gasteiger partial charge in [-0.2, -0.15) is 0 Å². The van der Waals surface area contributed by atoms with Crippen LogP contribution < -0.4 is 4.90 Å². The van der Waals surface area contributed by atoms with Crippen LogP contribution in [0.2, 0.25) is 0 Å². The molecule has 182 valence electrons. The Labute approximate surface area is 230 Å². The molecule has 1 unspecified atom stereocenters. The zero-order valence-electron chi connectivity index (χ0n) is 20.6. The second-order valence-corrected chi connectivity index (χ2v) is 10.6. The average molecular weight is 554 g/mol. The summed E-state index contributed by atoms with van der Waals surface area (Å²) in [6, 6.07) is 47.8. The largest absolute Gasteiger partial charge is 0.376 e. The number of hydrogen-bond acceptors (Lipinski definition) is 2. The van der Waals surface area contributed by atoms with E-state index in [-0.39, 0.29) is 0 Å². The first kappa shape index (κ1) is 23.0. The van der Waals surface area contributed by atoms with Gasteiger partial charge in [-0.05, 0) is 76.5 Å². The Hall–Kier alpha value is -4.18. The van der Waals surface area contributed by atoms with E-state index in [2.05, 4.69) is 106 Å². The molecule has 0 fully saturated rings. The number of aliphatic hydroxyl groups is 1. The number of fused-ring (bicyclic) bond motifs is 4. The Balaban J connectivity index is 1.55. The lowest BCUT2D eigenvalue weighted by Crippen LogP contribution is -2.29. The minimum Gasteiger partial charge on any atom is -0.376 e.